The summed E-state index contributed by atoms with van der Waals surface area (Å²) in [6, 6.07) is 0. The predicted molar refractivity (Wildman–Crippen MR) is 56.3 cm³/mol. The molecule has 1 atom stereocenters. The lowest BCUT2D eigenvalue weighted by molar-refractivity contribution is -0.127. The average molecular weight is 213 g/mol. The molecule has 2 rings (SSSR count). The van der Waals surface area contributed by atoms with E-state index in [0.717, 1.165) is 6.54 Å². The lowest BCUT2D eigenvalue weighted by Gasteiger charge is -2.25. The van der Waals surface area contributed by atoms with E-state index in [4.69, 9.17) is 0 Å². The molecule has 2 aliphatic rings. The third-order valence-corrected chi connectivity index (χ3v) is 4.15. The third-order valence-electron chi connectivity index (χ3n) is 2.77. The number of thioether (sulfide) groups is 1. The number of Topliss-reactive ketones (excluding diaryl/α,β-unsaturated/α-hetero) is 1. The van der Waals surface area contributed by atoms with Gasteiger partial charge in [-0.3, -0.25) is 9.59 Å². The van der Waals surface area contributed by atoms with Crippen LogP contribution in [0.2, 0.25) is 0 Å². The van der Waals surface area contributed by atoms with Crippen molar-refractivity contribution in [2.24, 2.45) is 0 Å². The number of hydrogen-bond acceptors (Lipinski definition) is 3. The zero-order valence-electron chi connectivity index (χ0n) is 8.20. The maximum Gasteiger partial charge on any atom is 0.230 e. The van der Waals surface area contributed by atoms with Crippen molar-refractivity contribution in [3.05, 3.63) is 0 Å². The number of ketones is 1. The monoisotopic (exact) mass is 213 g/mol. The molecule has 2 saturated heterocycles. The smallest absolute Gasteiger partial charge is 0.230 e. The first-order valence-corrected chi connectivity index (χ1v) is 6.21. The van der Waals surface area contributed by atoms with E-state index in [2.05, 4.69) is 0 Å². The highest BCUT2D eigenvalue weighted by molar-refractivity contribution is 7.99. The Morgan fingerprint density at radius 2 is 2.21 bits per heavy atom. The first kappa shape index (κ1) is 10.0. The first-order chi connectivity index (χ1) is 6.75. The minimum Gasteiger partial charge on any atom is -0.334 e. The van der Waals surface area contributed by atoms with Gasteiger partial charge in [-0.25, -0.2) is 0 Å². The fraction of sp³-hybridized carbons (Fsp3) is 0.800. The summed E-state index contributed by atoms with van der Waals surface area (Å²) >= 11 is 1.95. The van der Waals surface area contributed by atoms with Crippen LogP contribution in [-0.4, -0.2) is 40.7 Å². The molecule has 2 fully saturated rings. The first-order valence-electron chi connectivity index (χ1n) is 5.17. The van der Waals surface area contributed by atoms with Gasteiger partial charge >= 0.3 is 0 Å². The molecule has 1 amide bonds. The van der Waals surface area contributed by atoms with Gasteiger partial charge in [0.1, 0.15) is 0 Å². The second-order valence-electron chi connectivity index (χ2n) is 3.98. The summed E-state index contributed by atoms with van der Waals surface area (Å²) in [5.74, 6) is 1.32. The molecule has 2 heterocycles. The lowest BCUT2D eigenvalue weighted by atomic mass is 10.2. The number of carbonyl (C=O) groups excluding carboxylic acids is 2. The second kappa shape index (κ2) is 4.34. The number of hydrogen-bond donors (Lipinski definition) is 0. The van der Waals surface area contributed by atoms with Gasteiger partial charge in [-0.15, -0.1) is 0 Å². The van der Waals surface area contributed by atoms with E-state index in [1.54, 1.807) is 4.90 Å². The van der Waals surface area contributed by atoms with E-state index in [0.29, 0.717) is 11.8 Å². The van der Waals surface area contributed by atoms with Crippen LogP contribution in [0.5, 0.6) is 0 Å². The predicted octanol–water partition coefficient (Wildman–Crippen LogP) is 1.07. The highest BCUT2D eigenvalue weighted by atomic mass is 32.2. The minimum atomic E-state index is 0.0289. The normalized spacial score (nSPS) is 28.6. The summed E-state index contributed by atoms with van der Waals surface area (Å²) < 4.78 is 0. The van der Waals surface area contributed by atoms with Crippen LogP contribution in [-0.2, 0) is 9.59 Å². The SMILES string of the molecule is O=C1CC(=O)N(CC2CCCCS2)C1. The Kier molecular flexibility index (Phi) is 3.11. The lowest BCUT2D eigenvalue weighted by Crippen LogP contribution is -2.33. The standard InChI is InChI=1S/C10H15NO2S/c12-8-5-10(13)11(6-8)7-9-3-1-2-4-14-9/h9H,1-7H2. The number of amides is 1. The van der Waals surface area contributed by atoms with Crippen molar-refractivity contribution < 1.29 is 9.59 Å². The van der Waals surface area contributed by atoms with E-state index < -0.39 is 0 Å². The molecule has 0 bridgehead atoms. The summed E-state index contributed by atoms with van der Waals surface area (Å²) in [5, 5.41) is 0.568. The molecule has 78 valence electrons. The van der Waals surface area contributed by atoms with Crippen LogP contribution in [0.4, 0.5) is 0 Å². The van der Waals surface area contributed by atoms with Gasteiger partial charge in [0.2, 0.25) is 5.91 Å². The molecule has 0 aliphatic carbocycles. The number of likely N-dealkylation sites (tertiary alicyclic amines) is 1. The van der Waals surface area contributed by atoms with Crippen molar-refractivity contribution in [1.82, 2.24) is 4.90 Å². The van der Waals surface area contributed by atoms with Crippen LogP contribution in [0.1, 0.15) is 25.7 Å². The Bertz CT molecular complexity index is 249. The number of carbonyl (C=O) groups is 2. The summed E-state index contributed by atoms with van der Waals surface area (Å²) in [4.78, 5) is 24.1. The topological polar surface area (TPSA) is 37.4 Å². The highest BCUT2D eigenvalue weighted by Gasteiger charge is 2.29. The Hall–Kier alpha value is -0.510. The maximum atomic E-state index is 11.4. The minimum absolute atomic E-state index is 0.0289. The largest absolute Gasteiger partial charge is 0.334 e. The molecular weight excluding hydrogens is 198 g/mol. The fourth-order valence-electron chi connectivity index (χ4n) is 2.00. The van der Waals surface area contributed by atoms with Crippen molar-refractivity contribution in [3.63, 3.8) is 0 Å². The number of rotatable bonds is 2. The zero-order chi connectivity index (χ0) is 9.97. The van der Waals surface area contributed by atoms with E-state index in [1.165, 1.54) is 25.0 Å². The van der Waals surface area contributed by atoms with Crippen LogP contribution in [0.15, 0.2) is 0 Å². The molecule has 3 nitrogen and oxygen atoms in total. The summed E-state index contributed by atoms with van der Waals surface area (Å²) in [6.07, 6.45) is 3.90. The van der Waals surface area contributed by atoms with Crippen molar-refractivity contribution in [3.8, 4) is 0 Å². The van der Waals surface area contributed by atoms with Gasteiger partial charge in [-0.05, 0) is 18.6 Å². The zero-order valence-corrected chi connectivity index (χ0v) is 9.02. The van der Waals surface area contributed by atoms with Gasteiger partial charge in [0.25, 0.3) is 0 Å². The van der Waals surface area contributed by atoms with Crippen molar-refractivity contribution in [2.45, 2.75) is 30.9 Å². The molecule has 0 spiro atoms. The van der Waals surface area contributed by atoms with Gasteiger partial charge in [-0.1, -0.05) is 6.42 Å². The average Bonchev–Trinajstić information content (AvgIpc) is 2.47. The quantitative estimate of drug-likeness (QED) is 0.644. The summed E-state index contributed by atoms with van der Waals surface area (Å²) in [5.41, 5.74) is 0. The molecule has 2 aliphatic heterocycles. The van der Waals surface area contributed by atoms with Crippen molar-refractivity contribution in [2.75, 3.05) is 18.8 Å². The van der Waals surface area contributed by atoms with Crippen LogP contribution in [0, 0.1) is 0 Å². The van der Waals surface area contributed by atoms with Crippen LogP contribution < -0.4 is 0 Å². The second-order valence-corrected chi connectivity index (χ2v) is 5.39. The van der Waals surface area contributed by atoms with Crippen molar-refractivity contribution >= 4 is 23.5 Å². The van der Waals surface area contributed by atoms with Gasteiger partial charge in [0, 0.05) is 11.8 Å². The highest BCUT2D eigenvalue weighted by Crippen LogP contribution is 2.26. The van der Waals surface area contributed by atoms with E-state index in [-0.39, 0.29) is 18.1 Å². The molecule has 0 aromatic rings. The summed E-state index contributed by atoms with van der Waals surface area (Å²) in [7, 11) is 0. The maximum absolute atomic E-state index is 11.4. The molecule has 0 N–H and O–H groups in total. The van der Waals surface area contributed by atoms with Crippen LogP contribution in [0.3, 0.4) is 0 Å². The molecule has 1 unspecified atom stereocenters. The third kappa shape index (κ3) is 2.29. The molecule has 0 saturated carbocycles. The molecule has 4 heteroatoms. The van der Waals surface area contributed by atoms with Gasteiger partial charge in [-0.2, -0.15) is 11.8 Å². The van der Waals surface area contributed by atoms with Crippen LogP contribution >= 0.6 is 11.8 Å². The van der Waals surface area contributed by atoms with Crippen LogP contribution in [0.25, 0.3) is 0 Å². The van der Waals surface area contributed by atoms with E-state index in [1.807, 2.05) is 11.8 Å². The fourth-order valence-corrected chi connectivity index (χ4v) is 3.32. The van der Waals surface area contributed by atoms with Gasteiger partial charge in [0.05, 0.1) is 13.0 Å². The molecule has 0 aromatic heterocycles. The molecule has 0 aromatic carbocycles. The Morgan fingerprint density at radius 3 is 2.79 bits per heavy atom. The summed E-state index contributed by atoms with van der Waals surface area (Å²) in [6.45, 7) is 1.14. The van der Waals surface area contributed by atoms with E-state index >= 15 is 0 Å². The van der Waals surface area contributed by atoms with Gasteiger partial charge < -0.3 is 4.90 Å². The van der Waals surface area contributed by atoms with Crippen molar-refractivity contribution in [1.29, 1.82) is 0 Å². The van der Waals surface area contributed by atoms with E-state index in [9.17, 15) is 9.59 Å². The Morgan fingerprint density at radius 1 is 1.36 bits per heavy atom. The Balaban J connectivity index is 1.84. The molecule has 14 heavy (non-hydrogen) atoms. The number of nitrogens with zero attached hydrogens (tertiary/aromatic N) is 1. The molecular formula is C10H15NO2S. The molecule has 0 radical (unpaired) electrons. The Labute approximate surface area is 88.2 Å². The van der Waals surface area contributed by atoms with Gasteiger partial charge in [0.15, 0.2) is 5.78 Å².